The first-order valence-electron chi connectivity index (χ1n) is 9.96. The number of thioether (sulfide) groups is 1. The third-order valence-electron chi connectivity index (χ3n) is 5.75. The van der Waals surface area contributed by atoms with E-state index in [4.69, 9.17) is 0 Å². The number of aromatic nitrogens is 3. The van der Waals surface area contributed by atoms with Crippen LogP contribution in [-0.4, -0.2) is 32.0 Å². The summed E-state index contributed by atoms with van der Waals surface area (Å²) < 4.78 is 2.08. The molecule has 4 atom stereocenters. The summed E-state index contributed by atoms with van der Waals surface area (Å²) >= 11 is 1.49. The van der Waals surface area contributed by atoms with Gasteiger partial charge >= 0.3 is 0 Å². The van der Waals surface area contributed by atoms with Gasteiger partial charge in [-0.2, -0.15) is 0 Å². The monoisotopic (exact) mass is 386 g/mol. The second-order valence-corrected chi connectivity index (χ2v) is 8.87. The van der Waals surface area contributed by atoms with Crippen LogP contribution in [0.2, 0.25) is 0 Å². The Morgan fingerprint density at radius 2 is 2.00 bits per heavy atom. The molecule has 1 heterocycles. The predicted molar refractivity (Wildman–Crippen MR) is 111 cm³/mol. The predicted octanol–water partition coefficient (Wildman–Crippen LogP) is 4.39. The molecule has 6 heteroatoms. The van der Waals surface area contributed by atoms with Gasteiger partial charge in [0.25, 0.3) is 0 Å². The Morgan fingerprint density at radius 1 is 1.26 bits per heavy atom. The number of carbonyl (C=O) groups is 1. The van der Waals surface area contributed by atoms with Crippen LogP contribution in [0, 0.1) is 11.8 Å². The lowest BCUT2D eigenvalue weighted by atomic mass is 9.78. The lowest BCUT2D eigenvalue weighted by molar-refractivity contribution is -0.121. The third-order valence-corrected chi connectivity index (χ3v) is 6.83. The first-order valence-corrected chi connectivity index (χ1v) is 10.8. The van der Waals surface area contributed by atoms with E-state index in [0.717, 1.165) is 29.5 Å². The number of amides is 1. The Bertz CT molecular complexity index is 761. The van der Waals surface area contributed by atoms with E-state index >= 15 is 0 Å². The van der Waals surface area contributed by atoms with E-state index in [0.29, 0.717) is 11.8 Å². The van der Waals surface area contributed by atoms with Crippen LogP contribution in [-0.2, 0) is 11.3 Å². The van der Waals surface area contributed by atoms with Crippen molar-refractivity contribution in [2.24, 2.45) is 11.8 Å². The SMILES string of the molecule is CCn1c(S[C@H](C)C(=O)N[C@@H]2CCC[C@H](C)[C@@H]2C)nnc1-c1ccccc1. The first-order chi connectivity index (χ1) is 13.0. The van der Waals surface area contributed by atoms with Crippen molar-refractivity contribution >= 4 is 17.7 Å². The lowest BCUT2D eigenvalue weighted by Gasteiger charge is -2.35. The normalized spacial score (nSPS) is 23.8. The maximum atomic E-state index is 12.8. The van der Waals surface area contributed by atoms with E-state index in [1.807, 2.05) is 37.3 Å². The molecular weight excluding hydrogens is 356 g/mol. The van der Waals surface area contributed by atoms with Crippen LogP contribution in [0.5, 0.6) is 0 Å². The maximum absolute atomic E-state index is 12.8. The summed E-state index contributed by atoms with van der Waals surface area (Å²) in [4.78, 5) is 12.8. The van der Waals surface area contributed by atoms with Gasteiger partial charge in [0, 0.05) is 18.2 Å². The van der Waals surface area contributed by atoms with Gasteiger partial charge in [0.15, 0.2) is 11.0 Å². The molecular formula is C21H30N4OS. The van der Waals surface area contributed by atoms with Crippen molar-refractivity contribution in [3.8, 4) is 11.4 Å². The minimum Gasteiger partial charge on any atom is -0.352 e. The standard InChI is InChI=1S/C21H30N4OS/c1-5-25-19(17-11-7-6-8-12-17)23-24-21(25)27-16(4)20(26)22-18-13-9-10-14(2)15(18)3/h6-8,11-12,14-16,18H,5,9-10,13H2,1-4H3,(H,22,26)/t14-,15-,16+,18+/m0/s1. The number of hydrogen-bond donors (Lipinski definition) is 1. The van der Waals surface area contributed by atoms with E-state index in [9.17, 15) is 4.79 Å². The highest BCUT2D eigenvalue weighted by Crippen LogP contribution is 2.31. The molecule has 1 amide bonds. The second-order valence-electron chi connectivity index (χ2n) is 7.56. The number of nitrogens with one attached hydrogen (secondary N) is 1. The zero-order valence-corrected chi connectivity index (χ0v) is 17.5. The molecule has 27 heavy (non-hydrogen) atoms. The van der Waals surface area contributed by atoms with Crippen LogP contribution < -0.4 is 5.32 Å². The summed E-state index contributed by atoms with van der Waals surface area (Å²) in [6.45, 7) is 9.34. The minimum atomic E-state index is -0.201. The zero-order chi connectivity index (χ0) is 19.4. The molecule has 0 bridgehead atoms. The fourth-order valence-electron chi connectivity index (χ4n) is 3.76. The molecule has 0 radical (unpaired) electrons. The molecule has 0 unspecified atom stereocenters. The topological polar surface area (TPSA) is 59.8 Å². The Balaban J connectivity index is 1.68. The highest BCUT2D eigenvalue weighted by Gasteiger charge is 2.30. The minimum absolute atomic E-state index is 0.0952. The van der Waals surface area contributed by atoms with Crippen molar-refractivity contribution in [1.29, 1.82) is 0 Å². The molecule has 1 aromatic heterocycles. The highest BCUT2D eigenvalue weighted by molar-refractivity contribution is 8.00. The molecule has 0 saturated heterocycles. The average molecular weight is 387 g/mol. The van der Waals surface area contributed by atoms with Gasteiger partial charge in [-0.15, -0.1) is 10.2 Å². The van der Waals surface area contributed by atoms with Crippen molar-refractivity contribution in [2.45, 2.75) is 70.0 Å². The lowest BCUT2D eigenvalue weighted by Crippen LogP contribution is -2.46. The van der Waals surface area contributed by atoms with Crippen molar-refractivity contribution < 1.29 is 4.79 Å². The molecule has 5 nitrogen and oxygen atoms in total. The molecule has 0 aliphatic heterocycles. The van der Waals surface area contributed by atoms with Gasteiger partial charge in [-0.3, -0.25) is 4.79 Å². The fourth-order valence-corrected chi connectivity index (χ4v) is 4.68. The Morgan fingerprint density at radius 3 is 2.70 bits per heavy atom. The zero-order valence-electron chi connectivity index (χ0n) is 16.7. The molecule has 1 N–H and O–H groups in total. The molecule has 0 spiro atoms. The van der Waals surface area contributed by atoms with Crippen LogP contribution in [0.25, 0.3) is 11.4 Å². The number of carbonyl (C=O) groups excluding carboxylic acids is 1. The van der Waals surface area contributed by atoms with Crippen molar-refractivity contribution in [2.75, 3.05) is 0 Å². The largest absolute Gasteiger partial charge is 0.352 e. The first kappa shape index (κ1) is 19.9. The number of nitrogens with zero attached hydrogens (tertiary/aromatic N) is 3. The summed E-state index contributed by atoms with van der Waals surface area (Å²) in [5, 5.41) is 12.6. The molecule has 1 fully saturated rings. The average Bonchev–Trinajstić information content (AvgIpc) is 3.08. The molecule has 1 aliphatic carbocycles. The van der Waals surface area contributed by atoms with E-state index in [1.54, 1.807) is 0 Å². The van der Waals surface area contributed by atoms with E-state index in [1.165, 1.54) is 24.6 Å². The fraction of sp³-hybridized carbons (Fsp3) is 0.571. The smallest absolute Gasteiger partial charge is 0.233 e. The molecule has 1 saturated carbocycles. The van der Waals surface area contributed by atoms with Crippen LogP contribution >= 0.6 is 11.8 Å². The van der Waals surface area contributed by atoms with E-state index in [-0.39, 0.29) is 17.2 Å². The summed E-state index contributed by atoms with van der Waals surface area (Å²) in [5.74, 6) is 2.15. The maximum Gasteiger partial charge on any atom is 0.233 e. The molecule has 1 aromatic carbocycles. The van der Waals surface area contributed by atoms with Crippen molar-refractivity contribution in [3.05, 3.63) is 30.3 Å². The quantitative estimate of drug-likeness (QED) is 0.748. The summed E-state index contributed by atoms with van der Waals surface area (Å²) in [6.07, 6.45) is 3.54. The number of hydrogen-bond acceptors (Lipinski definition) is 4. The number of rotatable bonds is 6. The Labute approximate surface area is 166 Å². The van der Waals surface area contributed by atoms with Gasteiger partial charge in [-0.25, -0.2) is 0 Å². The highest BCUT2D eigenvalue weighted by atomic mass is 32.2. The van der Waals surface area contributed by atoms with Crippen LogP contribution in [0.3, 0.4) is 0 Å². The van der Waals surface area contributed by atoms with Gasteiger partial charge in [0.1, 0.15) is 0 Å². The van der Waals surface area contributed by atoms with Crippen LogP contribution in [0.1, 0.15) is 47.0 Å². The van der Waals surface area contributed by atoms with Crippen molar-refractivity contribution in [3.63, 3.8) is 0 Å². The van der Waals surface area contributed by atoms with Gasteiger partial charge in [0.2, 0.25) is 5.91 Å². The second kappa shape index (κ2) is 8.91. The summed E-state index contributed by atoms with van der Waals surface area (Å²) in [6, 6.07) is 10.3. The molecule has 146 valence electrons. The van der Waals surface area contributed by atoms with E-state index in [2.05, 4.69) is 40.9 Å². The Kier molecular flexibility index (Phi) is 6.58. The number of benzene rings is 1. The molecule has 2 aromatic rings. The van der Waals surface area contributed by atoms with Crippen molar-refractivity contribution in [1.82, 2.24) is 20.1 Å². The molecule has 3 rings (SSSR count). The van der Waals surface area contributed by atoms with Crippen LogP contribution in [0.15, 0.2) is 35.5 Å². The third kappa shape index (κ3) is 4.54. The summed E-state index contributed by atoms with van der Waals surface area (Å²) in [5.41, 5.74) is 1.04. The molecule has 1 aliphatic rings. The van der Waals surface area contributed by atoms with Gasteiger partial charge in [0.05, 0.1) is 5.25 Å². The van der Waals surface area contributed by atoms with E-state index < -0.39 is 0 Å². The van der Waals surface area contributed by atoms with Gasteiger partial charge < -0.3 is 9.88 Å². The van der Waals surface area contributed by atoms with Gasteiger partial charge in [-0.1, -0.05) is 68.8 Å². The van der Waals surface area contributed by atoms with Gasteiger partial charge in [-0.05, 0) is 32.1 Å². The summed E-state index contributed by atoms with van der Waals surface area (Å²) in [7, 11) is 0. The Hall–Kier alpha value is -1.82. The van der Waals surface area contributed by atoms with Crippen LogP contribution in [0.4, 0.5) is 0 Å².